The van der Waals surface area contributed by atoms with E-state index in [1.54, 1.807) is 0 Å². The summed E-state index contributed by atoms with van der Waals surface area (Å²) in [5, 5.41) is 8.73. The fraction of sp³-hybridized carbons (Fsp3) is 0.533. The van der Waals surface area contributed by atoms with Crippen molar-refractivity contribution in [1.29, 1.82) is 0 Å². The highest BCUT2D eigenvalue weighted by Crippen LogP contribution is 2.10. The number of likely N-dealkylation sites (N-methyl/N-ethyl adjacent to an activating group) is 1. The first-order chi connectivity index (χ1) is 9.17. The lowest BCUT2D eigenvalue weighted by Crippen LogP contribution is -2.45. The molecule has 4 nitrogen and oxygen atoms in total. The average molecular weight is 262 g/mol. The molecule has 1 aliphatic heterocycles. The highest BCUT2D eigenvalue weighted by molar-refractivity contribution is 5.70. The van der Waals surface area contributed by atoms with Crippen LogP contribution in [0.15, 0.2) is 24.3 Å². The first kappa shape index (κ1) is 14.0. The molecule has 2 rings (SSSR count). The van der Waals surface area contributed by atoms with E-state index in [-0.39, 0.29) is 6.42 Å². The molecule has 1 aromatic rings. The van der Waals surface area contributed by atoms with Gasteiger partial charge in [0.15, 0.2) is 0 Å². The maximum Gasteiger partial charge on any atom is 0.307 e. The number of aliphatic carboxylic acids is 1. The van der Waals surface area contributed by atoms with Gasteiger partial charge in [0.05, 0.1) is 6.42 Å². The molecule has 0 amide bonds. The van der Waals surface area contributed by atoms with E-state index in [2.05, 4.69) is 16.7 Å². The Balaban J connectivity index is 1.84. The lowest BCUT2D eigenvalue weighted by Gasteiger charge is -2.34. The number of hydrogen-bond acceptors (Lipinski definition) is 3. The van der Waals surface area contributed by atoms with E-state index < -0.39 is 5.97 Å². The quantitative estimate of drug-likeness (QED) is 0.872. The number of hydrogen-bond donors (Lipinski definition) is 1. The standard InChI is InChI=1S/C15H22N2O2/c1-2-16-7-9-17(10-8-16)12-14-5-3-13(4-6-14)11-15(18)19/h3-6H,2,7-12H2,1H3,(H,18,19). The molecular formula is C15H22N2O2. The summed E-state index contributed by atoms with van der Waals surface area (Å²) in [4.78, 5) is 15.5. The lowest BCUT2D eigenvalue weighted by molar-refractivity contribution is -0.136. The highest BCUT2D eigenvalue weighted by Gasteiger charge is 2.15. The smallest absolute Gasteiger partial charge is 0.307 e. The minimum absolute atomic E-state index is 0.107. The van der Waals surface area contributed by atoms with Crippen LogP contribution in [0.1, 0.15) is 18.1 Å². The van der Waals surface area contributed by atoms with Crippen molar-refractivity contribution in [3.63, 3.8) is 0 Å². The van der Waals surface area contributed by atoms with Crippen LogP contribution in [-0.4, -0.2) is 53.6 Å². The van der Waals surface area contributed by atoms with Crippen molar-refractivity contribution in [1.82, 2.24) is 9.80 Å². The number of benzene rings is 1. The van der Waals surface area contributed by atoms with Gasteiger partial charge in [0.2, 0.25) is 0 Å². The van der Waals surface area contributed by atoms with Gasteiger partial charge in [0.1, 0.15) is 0 Å². The van der Waals surface area contributed by atoms with Crippen LogP contribution in [0.4, 0.5) is 0 Å². The van der Waals surface area contributed by atoms with Crippen molar-refractivity contribution >= 4 is 5.97 Å². The summed E-state index contributed by atoms with van der Waals surface area (Å²) in [5.74, 6) is -0.775. The van der Waals surface area contributed by atoms with Crippen LogP contribution in [-0.2, 0) is 17.8 Å². The first-order valence-corrected chi connectivity index (χ1v) is 6.91. The maximum atomic E-state index is 10.6. The molecule has 0 aromatic heterocycles. The van der Waals surface area contributed by atoms with Gasteiger partial charge in [-0.25, -0.2) is 0 Å². The van der Waals surface area contributed by atoms with E-state index in [0.717, 1.165) is 44.8 Å². The first-order valence-electron chi connectivity index (χ1n) is 6.91. The van der Waals surface area contributed by atoms with Crippen LogP contribution in [0.5, 0.6) is 0 Å². The third-order valence-corrected chi connectivity index (χ3v) is 3.70. The molecule has 0 unspecified atom stereocenters. The zero-order chi connectivity index (χ0) is 13.7. The third-order valence-electron chi connectivity index (χ3n) is 3.70. The number of piperazine rings is 1. The Kier molecular flexibility index (Phi) is 4.93. The van der Waals surface area contributed by atoms with E-state index in [1.807, 2.05) is 24.3 Å². The second-order valence-electron chi connectivity index (χ2n) is 5.10. The van der Waals surface area contributed by atoms with E-state index in [0.29, 0.717) is 0 Å². The van der Waals surface area contributed by atoms with Gasteiger partial charge in [-0.3, -0.25) is 9.69 Å². The summed E-state index contributed by atoms with van der Waals surface area (Å²) in [6, 6.07) is 7.94. The molecule has 19 heavy (non-hydrogen) atoms. The fourth-order valence-corrected chi connectivity index (χ4v) is 2.46. The Labute approximate surface area is 114 Å². The Morgan fingerprint density at radius 1 is 1.05 bits per heavy atom. The molecule has 4 heteroatoms. The van der Waals surface area contributed by atoms with Crippen LogP contribution < -0.4 is 0 Å². The van der Waals surface area contributed by atoms with Crippen molar-refractivity contribution in [3.05, 3.63) is 35.4 Å². The molecule has 0 aliphatic carbocycles. The summed E-state index contributed by atoms with van der Waals surface area (Å²) in [6.07, 6.45) is 0.107. The Morgan fingerprint density at radius 3 is 2.11 bits per heavy atom. The Hall–Kier alpha value is -1.39. The molecule has 104 valence electrons. The highest BCUT2D eigenvalue weighted by atomic mass is 16.4. The van der Waals surface area contributed by atoms with Gasteiger partial charge in [-0.15, -0.1) is 0 Å². The predicted octanol–water partition coefficient (Wildman–Crippen LogP) is 1.45. The minimum atomic E-state index is -0.775. The molecule has 1 fully saturated rings. The van der Waals surface area contributed by atoms with Gasteiger partial charge in [0.25, 0.3) is 0 Å². The van der Waals surface area contributed by atoms with Gasteiger partial charge in [-0.1, -0.05) is 31.2 Å². The van der Waals surface area contributed by atoms with Crippen molar-refractivity contribution in [2.24, 2.45) is 0 Å². The zero-order valence-electron chi connectivity index (χ0n) is 11.5. The second kappa shape index (κ2) is 6.68. The van der Waals surface area contributed by atoms with Gasteiger partial charge >= 0.3 is 5.97 Å². The summed E-state index contributed by atoms with van der Waals surface area (Å²) in [5.41, 5.74) is 2.13. The van der Waals surface area contributed by atoms with E-state index in [1.165, 1.54) is 5.56 Å². The Bertz CT molecular complexity index is 409. The number of carboxylic acids is 1. The van der Waals surface area contributed by atoms with Crippen molar-refractivity contribution in [2.75, 3.05) is 32.7 Å². The molecule has 0 radical (unpaired) electrons. The molecule has 1 saturated heterocycles. The molecule has 0 atom stereocenters. The van der Waals surface area contributed by atoms with Crippen molar-refractivity contribution in [3.8, 4) is 0 Å². The van der Waals surface area contributed by atoms with E-state index in [9.17, 15) is 4.79 Å². The van der Waals surface area contributed by atoms with Crippen molar-refractivity contribution in [2.45, 2.75) is 19.9 Å². The molecule has 1 aliphatic rings. The fourth-order valence-electron chi connectivity index (χ4n) is 2.46. The predicted molar refractivity (Wildman–Crippen MR) is 75.2 cm³/mol. The van der Waals surface area contributed by atoms with Crippen LogP contribution >= 0.6 is 0 Å². The summed E-state index contributed by atoms with van der Waals surface area (Å²) >= 11 is 0. The lowest BCUT2D eigenvalue weighted by atomic mass is 10.1. The van der Waals surface area contributed by atoms with Gasteiger partial charge in [-0.2, -0.15) is 0 Å². The van der Waals surface area contributed by atoms with Crippen LogP contribution in [0.2, 0.25) is 0 Å². The number of nitrogens with zero attached hydrogens (tertiary/aromatic N) is 2. The van der Waals surface area contributed by atoms with Gasteiger partial charge < -0.3 is 10.0 Å². The van der Waals surface area contributed by atoms with Crippen LogP contribution in [0.3, 0.4) is 0 Å². The maximum absolute atomic E-state index is 10.6. The summed E-state index contributed by atoms with van der Waals surface area (Å²) in [7, 11) is 0. The SMILES string of the molecule is CCN1CCN(Cc2ccc(CC(=O)O)cc2)CC1. The molecule has 1 heterocycles. The average Bonchev–Trinajstić information content (AvgIpc) is 2.41. The number of rotatable bonds is 5. The molecule has 1 aromatic carbocycles. The Morgan fingerprint density at radius 2 is 1.58 bits per heavy atom. The zero-order valence-corrected chi connectivity index (χ0v) is 11.5. The summed E-state index contributed by atoms with van der Waals surface area (Å²) < 4.78 is 0. The topological polar surface area (TPSA) is 43.8 Å². The van der Waals surface area contributed by atoms with Gasteiger partial charge in [0, 0.05) is 32.7 Å². The van der Waals surface area contributed by atoms with Gasteiger partial charge in [-0.05, 0) is 17.7 Å². The second-order valence-corrected chi connectivity index (χ2v) is 5.10. The van der Waals surface area contributed by atoms with Crippen molar-refractivity contribution < 1.29 is 9.90 Å². The van der Waals surface area contributed by atoms with E-state index >= 15 is 0 Å². The van der Waals surface area contributed by atoms with Crippen LogP contribution in [0.25, 0.3) is 0 Å². The number of carboxylic acid groups (broad SMARTS) is 1. The largest absolute Gasteiger partial charge is 0.481 e. The molecule has 0 bridgehead atoms. The molecule has 0 saturated carbocycles. The third kappa shape index (κ3) is 4.33. The monoisotopic (exact) mass is 262 g/mol. The number of carbonyl (C=O) groups is 1. The minimum Gasteiger partial charge on any atom is -0.481 e. The van der Waals surface area contributed by atoms with Crippen LogP contribution in [0, 0.1) is 0 Å². The molecule has 1 N–H and O–H groups in total. The molecular weight excluding hydrogens is 240 g/mol. The van der Waals surface area contributed by atoms with E-state index in [4.69, 9.17) is 5.11 Å². The summed E-state index contributed by atoms with van der Waals surface area (Å²) in [6.45, 7) is 8.83. The molecule has 0 spiro atoms. The normalized spacial score (nSPS) is 17.5.